The predicted molar refractivity (Wildman–Crippen MR) is 142 cm³/mol. The molecule has 0 aliphatic carbocycles. The number of carbonyl (C=O) groups is 2. The van der Waals surface area contributed by atoms with Gasteiger partial charge in [0.25, 0.3) is 5.56 Å². The molecular weight excluding hydrogens is 460 g/mol. The number of nitrogens with one attached hydrogen (secondary N) is 1. The molecule has 0 aliphatic rings. The maximum atomic E-state index is 13.6. The Balaban J connectivity index is 2.66. The maximum Gasteiger partial charge on any atom is 0.407 e. The summed E-state index contributed by atoms with van der Waals surface area (Å²) in [6.07, 6.45) is 4.21. The van der Waals surface area contributed by atoms with Crippen LogP contribution in [0.1, 0.15) is 72.6 Å². The summed E-state index contributed by atoms with van der Waals surface area (Å²) in [5.74, 6) is 0.295. The van der Waals surface area contributed by atoms with Gasteiger partial charge in [-0.1, -0.05) is 33.3 Å². The fraction of sp³-hybridized carbons (Fsp3) is 0.536. The van der Waals surface area contributed by atoms with E-state index in [9.17, 15) is 14.4 Å². The third-order valence-corrected chi connectivity index (χ3v) is 5.14. The lowest BCUT2D eigenvalue weighted by atomic mass is 10.0. The summed E-state index contributed by atoms with van der Waals surface area (Å²) >= 11 is 0. The molecule has 0 aliphatic heterocycles. The highest BCUT2D eigenvalue weighted by molar-refractivity contribution is 5.92. The van der Waals surface area contributed by atoms with E-state index < -0.39 is 17.7 Å². The number of unbranched alkanes of at least 4 members (excludes halogenated alkanes) is 1. The summed E-state index contributed by atoms with van der Waals surface area (Å²) in [5.41, 5.74) is 0.493. The molecule has 1 aromatic heterocycles. The number of fused-ring (bicyclic) bond motifs is 1. The van der Waals surface area contributed by atoms with Gasteiger partial charge >= 0.3 is 12.1 Å². The predicted octanol–water partition coefficient (Wildman–Crippen LogP) is 5.44. The highest BCUT2D eigenvalue weighted by atomic mass is 16.6. The Labute approximate surface area is 213 Å². The third-order valence-electron chi connectivity index (χ3n) is 5.14. The molecule has 198 valence electrons. The number of aromatic nitrogens is 1. The quantitative estimate of drug-likeness (QED) is 0.251. The molecule has 2 rings (SSSR count). The highest BCUT2D eigenvalue weighted by Gasteiger charge is 2.21. The SMILES string of the molecule is CCCCOc1c(CNC(=O)OC(C)(C)C)n(CC(C)C)c(=O)c2ccc(/C=C/C(=O)OCC)cc12. The lowest BCUT2D eigenvalue weighted by Crippen LogP contribution is -2.35. The number of pyridine rings is 1. The Hall–Kier alpha value is -3.29. The van der Waals surface area contributed by atoms with Crippen molar-refractivity contribution in [1.29, 1.82) is 0 Å². The van der Waals surface area contributed by atoms with Crippen LogP contribution in [0.4, 0.5) is 4.79 Å². The van der Waals surface area contributed by atoms with Crippen molar-refractivity contribution in [2.75, 3.05) is 13.2 Å². The van der Waals surface area contributed by atoms with Gasteiger partial charge in [-0.2, -0.15) is 0 Å². The fourth-order valence-corrected chi connectivity index (χ4v) is 3.62. The number of amides is 1. The monoisotopic (exact) mass is 500 g/mol. The minimum atomic E-state index is -0.647. The molecule has 1 aromatic carbocycles. The maximum absolute atomic E-state index is 13.6. The molecule has 8 nitrogen and oxygen atoms in total. The second-order valence-corrected chi connectivity index (χ2v) is 10.0. The number of nitrogens with zero attached hydrogens (tertiary/aromatic N) is 1. The van der Waals surface area contributed by atoms with Crippen LogP contribution in [-0.2, 0) is 27.4 Å². The molecule has 1 heterocycles. The lowest BCUT2D eigenvalue weighted by molar-refractivity contribution is -0.137. The zero-order valence-corrected chi connectivity index (χ0v) is 22.6. The first-order chi connectivity index (χ1) is 17.0. The van der Waals surface area contributed by atoms with Crippen LogP contribution in [0.15, 0.2) is 29.1 Å². The van der Waals surface area contributed by atoms with Gasteiger partial charge in [-0.3, -0.25) is 4.79 Å². The van der Waals surface area contributed by atoms with Gasteiger partial charge in [-0.25, -0.2) is 9.59 Å². The molecular formula is C28H40N2O6. The second kappa shape index (κ2) is 13.1. The van der Waals surface area contributed by atoms with E-state index in [-0.39, 0.29) is 18.0 Å². The summed E-state index contributed by atoms with van der Waals surface area (Å²) in [7, 11) is 0. The van der Waals surface area contributed by atoms with E-state index in [1.807, 2.05) is 19.9 Å². The first-order valence-corrected chi connectivity index (χ1v) is 12.6. The van der Waals surface area contributed by atoms with Gasteiger partial charge < -0.3 is 24.1 Å². The van der Waals surface area contributed by atoms with Gasteiger partial charge in [0, 0.05) is 18.0 Å². The van der Waals surface area contributed by atoms with Crippen molar-refractivity contribution in [3.05, 3.63) is 45.9 Å². The van der Waals surface area contributed by atoms with Crippen LogP contribution in [0, 0.1) is 5.92 Å². The van der Waals surface area contributed by atoms with Crippen LogP contribution >= 0.6 is 0 Å². The van der Waals surface area contributed by atoms with E-state index in [0.29, 0.717) is 42.0 Å². The van der Waals surface area contributed by atoms with Crippen LogP contribution in [-0.4, -0.2) is 35.4 Å². The summed E-state index contributed by atoms with van der Waals surface area (Å²) in [5, 5.41) is 3.92. The van der Waals surface area contributed by atoms with Gasteiger partial charge in [0.05, 0.1) is 30.8 Å². The molecule has 0 bridgehead atoms. The first kappa shape index (κ1) is 28.9. The molecule has 36 heavy (non-hydrogen) atoms. The Morgan fingerprint density at radius 1 is 1.14 bits per heavy atom. The summed E-state index contributed by atoms with van der Waals surface area (Å²) in [6.45, 7) is 14.6. The van der Waals surface area contributed by atoms with Crippen LogP contribution < -0.4 is 15.6 Å². The molecule has 1 amide bonds. The van der Waals surface area contributed by atoms with Gasteiger partial charge in [0.15, 0.2) is 0 Å². The summed E-state index contributed by atoms with van der Waals surface area (Å²) < 4.78 is 18.3. The second-order valence-electron chi connectivity index (χ2n) is 10.0. The zero-order chi connectivity index (χ0) is 26.9. The van der Waals surface area contributed by atoms with Crippen molar-refractivity contribution in [2.24, 2.45) is 5.92 Å². The average Bonchev–Trinajstić information content (AvgIpc) is 2.78. The first-order valence-electron chi connectivity index (χ1n) is 12.6. The van der Waals surface area contributed by atoms with E-state index in [0.717, 1.165) is 18.4 Å². The summed E-state index contributed by atoms with van der Waals surface area (Å²) in [4.78, 5) is 37.8. The molecule has 1 N–H and O–H groups in total. The number of carbonyl (C=O) groups excluding carboxylic acids is 2. The lowest BCUT2D eigenvalue weighted by Gasteiger charge is -2.23. The molecule has 0 atom stereocenters. The largest absolute Gasteiger partial charge is 0.491 e. The number of ether oxygens (including phenoxy) is 3. The molecule has 0 saturated heterocycles. The van der Waals surface area contributed by atoms with E-state index in [2.05, 4.69) is 12.2 Å². The minimum Gasteiger partial charge on any atom is -0.491 e. The Morgan fingerprint density at radius 2 is 1.86 bits per heavy atom. The molecule has 0 unspecified atom stereocenters. The number of hydrogen-bond acceptors (Lipinski definition) is 6. The van der Waals surface area contributed by atoms with E-state index in [1.54, 1.807) is 50.5 Å². The topological polar surface area (TPSA) is 95.9 Å². The van der Waals surface area contributed by atoms with E-state index >= 15 is 0 Å². The molecule has 8 heteroatoms. The Kier molecular flexibility index (Phi) is 10.6. The normalized spacial score (nSPS) is 11.8. The van der Waals surface area contributed by atoms with Crippen molar-refractivity contribution in [1.82, 2.24) is 9.88 Å². The number of hydrogen-bond donors (Lipinski definition) is 1. The van der Waals surface area contributed by atoms with E-state index in [4.69, 9.17) is 14.2 Å². The van der Waals surface area contributed by atoms with Crippen LogP contribution in [0.3, 0.4) is 0 Å². The van der Waals surface area contributed by atoms with E-state index in [1.165, 1.54) is 6.08 Å². The highest BCUT2D eigenvalue weighted by Crippen LogP contribution is 2.30. The number of benzene rings is 1. The molecule has 0 spiro atoms. The van der Waals surface area contributed by atoms with Crippen LogP contribution in [0.5, 0.6) is 5.75 Å². The number of alkyl carbamates (subject to hydrolysis) is 1. The van der Waals surface area contributed by atoms with Gasteiger partial charge in [-0.05, 0) is 63.8 Å². The number of esters is 1. The van der Waals surface area contributed by atoms with Crippen LogP contribution in [0.25, 0.3) is 16.8 Å². The molecule has 0 radical (unpaired) electrons. The Bertz CT molecular complexity index is 1140. The molecule has 0 fully saturated rings. The molecule has 2 aromatic rings. The van der Waals surface area contributed by atoms with Crippen molar-refractivity contribution in [2.45, 2.75) is 80.0 Å². The molecule has 0 saturated carbocycles. The standard InChI is InChI=1S/C28H40N2O6/c1-8-10-15-35-25-22-16-20(12-14-24(31)34-9-2)11-13-21(22)26(32)30(18-19(3)4)23(25)17-29-27(33)36-28(5,6)7/h11-14,16,19H,8-10,15,17-18H2,1-7H3,(H,29,33)/b14-12+. The van der Waals surface area contributed by atoms with Crippen molar-refractivity contribution in [3.63, 3.8) is 0 Å². The average molecular weight is 501 g/mol. The summed E-state index contributed by atoms with van der Waals surface area (Å²) in [6, 6.07) is 5.36. The fourth-order valence-electron chi connectivity index (χ4n) is 3.62. The van der Waals surface area contributed by atoms with Crippen molar-refractivity contribution >= 4 is 28.9 Å². The van der Waals surface area contributed by atoms with Crippen LogP contribution in [0.2, 0.25) is 0 Å². The third kappa shape index (κ3) is 8.43. The van der Waals surface area contributed by atoms with Crippen molar-refractivity contribution in [3.8, 4) is 5.75 Å². The van der Waals surface area contributed by atoms with Gasteiger partial charge in [-0.15, -0.1) is 0 Å². The zero-order valence-electron chi connectivity index (χ0n) is 22.6. The van der Waals surface area contributed by atoms with Gasteiger partial charge in [0.2, 0.25) is 0 Å². The Morgan fingerprint density at radius 3 is 2.47 bits per heavy atom. The van der Waals surface area contributed by atoms with Gasteiger partial charge in [0.1, 0.15) is 11.4 Å². The number of rotatable bonds is 11. The van der Waals surface area contributed by atoms with Crippen molar-refractivity contribution < 1.29 is 23.8 Å². The minimum absolute atomic E-state index is 0.0666. The smallest absolute Gasteiger partial charge is 0.407 e.